The molecule has 0 aliphatic heterocycles. The molecule has 0 saturated heterocycles. The van der Waals surface area contributed by atoms with Crippen LogP contribution in [-0.2, 0) is 27.0 Å². The maximum atomic E-state index is 13.4. The summed E-state index contributed by atoms with van der Waals surface area (Å²) in [6.45, 7) is -1.37. The van der Waals surface area contributed by atoms with E-state index in [4.69, 9.17) is 4.74 Å². The fraction of sp³-hybridized carbons (Fsp3) is 0.125. The van der Waals surface area contributed by atoms with Gasteiger partial charge in [-0.3, -0.25) is 9.59 Å². The summed E-state index contributed by atoms with van der Waals surface area (Å²) >= 11 is 1.45. The summed E-state index contributed by atoms with van der Waals surface area (Å²) in [4.78, 5) is 30.0. The largest absolute Gasteiger partial charge is 0.454 e. The average Bonchev–Trinajstić information content (AvgIpc) is 3.19. The third-order valence-corrected chi connectivity index (χ3v) is 5.78. The number of para-hydroxylation sites is 3. The van der Waals surface area contributed by atoms with Crippen LogP contribution in [0.25, 0.3) is 11.0 Å². The Hall–Kier alpha value is -3.79. The number of carbonyl (C=O) groups excluding carboxylic acids is 2. The zero-order valence-electron chi connectivity index (χ0n) is 17.6. The lowest BCUT2D eigenvalue weighted by Crippen LogP contribution is -2.25. The molecule has 0 radical (unpaired) electrons. The number of amides is 1. The van der Waals surface area contributed by atoms with Gasteiger partial charge < -0.3 is 14.6 Å². The van der Waals surface area contributed by atoms with E-state index in [1.54, 1.807) is 24.3 Å². The monoisotopic (exact) mass is 485 g/mol. The van der Waals surface area contributed by atoms with Crippen molar-refractivity contribution in [2.75, 3.05) is 11.9 Å². The number of anilines is 1. The van der Waals surface area contributed by atoms with Crippen LogP contribution in [-0.4, -0.2) is 28.0 Å². The summed E-state index contributed by atoms with van der Waals surface area (Å²) in [6.07, 6.45) is -4.75. The molecule has 0 saturated carbocycles. The van der Waals surface area contributed by atoms with E-state index < -0.39 is 37.0 Å². The molecule has 4 rings (SSSR count). The van der Waals surface area contributed by atoms with Gasteiger partial charge in [0.25, 0.3) is 5.91 Å². The minimum absolute atomic E-state index is 0.105. The number of ether oxygens (including phenoxy) is 1. The van der Waals surface area contributed by atoms with E-state index in [-0.39, 0.29) is 11.0 Å². The molecular weight excluding hydrogens is 467 g/mol. The molecule has 0 bridgehead atoms. The van der Waals surface area contributed by atoms with Gasteiger partial charge in [0.2, 0.25) is 5.82 Å². The fourth-order valence-electron chi connectivity index (χ4n) is 3.23. The van der Waals surface area contributed by atoms with Gasteiger partial charge in [0.05, 0.1) is 16.7 Å². The summed E-state index contributed by atoms with van der Waals surface area (Å²) < 4.78 is 45.8. The highest BCUT2D eigenvalue weighted by Gasteiger charge is 2.38. The number of nitrogens with one attached hydrogen (secondary N) is 1. The van der Waals surface area contributed by atoms with Crippen LogP contribution in [0.15, 0.2) is 88.7 Å². The van der Waals surface area contributed by atoms with Crippen LogP contribution in [0.1, 0.15) is 5.82 Å². The van der Waals surface area contributed by atoms with Crippen molar-refractivity contribution in [2.45, 2.75) is 22.5 Å². The molecule has 1 heterocycles. The molecule has 0 aliphatic carbocycles. The Labute approximate surface area is 196 Å². The third kappa shape index (κ3) is 5.57. The van der Waals surface area contributed by atoms with Gasteiger partial charge in [0.1, 0.15) is 6.54 Å². The van der Waals surface area contributed by atoms with Crippen molar-refractivity contribution in [1.82, 2.24) is 9.55 Å². The number of nitrogens with zero attached hydrogens (tertiary/aromatic N) is 2. The van der Waals surface area contributed by atoms with Gasteiger partial charge in [-0.1, -0.05) is 54.2 Å². The van der Waals surface area contributed by atoms with Crippen molar-refractivity contribution in [2.24, 2.45) is 0 Å². The molecule has 0 fully saturated rings. The Balaban J connectivity index is 1.40. The molecule has 0 unspecified atom stereocenters. The number of esters is 1. The zero-order valence-corrected chi connectivity index (χ0v) is 18.4. The molecule has 1 N–H and O–H groups in total. The normalized spacial score (nSPS) is 11.4. The smallest absolute Gasteiger partial charge is 0.449 e. The molecule has 3 aromatic carbocycles. The first-order chi connectivity index (χ1) is 16.3. The Morgan fingerprint density at radius 2 is 1.62 bits per heavy atom. The van der Waals surface area contributed by atoms with E-state index in [1.165, 1.54) is 23.9 Å². The highest BCUT2D eigenvalue weighted by molar-refractivity contribution is 7.99. The number of aromatic nitrogens is 2. The Morgan fingerprint density at radius 1 is 0.941 bits per heavy atom. The summed E-state index contributed by atoms with van der Waals surface area (Å²) in [5.41, 5.74) is 0.772. The maximum Gasteiger partial charge on any atom is 0.449 e. The van der Waals surface area contributed by atoms with Gasteiger partial charge >= 0.3 is 12.1 Å². The highest BCUT2D eigenvalue weighted by Crippen LogP contribution is 2.33. The van der Waals surface area contributed by atoms with Crippen LogP contribution in [0.3, 0.4) is 0 Å². The van der Waals surface area contributed by atoms with Crippen LogP contribution in [0.5, 0.6) is 0 Å². The van der Waals surface area contributed by atoms with Gasteiger partial charge in [-0.15, -0.1) is 0 Å². The van der Waals surface area contributed by atoms with E-state index in [9.17, 15) is 22.8 Å². The SMILES string of the molecule is O=C(COC(=O)Cn1c(C(F)(F)F)nc2ccccc21)Nc1ccccc1Sc1ccccc1. The molecule has 6 nitrogen and oxygen atoms in total. The van der Waals surface area contributed by atoms with Crippen molar-refractivity contribution in [3.8, 4) is 0 Å². The number of halogens is 3. The first kappa shape index (κ1) is 23.4. The number of fused-ring (bicyclic) bond motifs is 1. The number of carbonyl (C=O) groups is 2. The van der Waals surface area contributed by atoms with Gasteiger partial charge in [-0.25, -0.2) is 4.98 Å². The predicted octanol–water partition coefficient (Wildman–Crippen LogP) is 5.39. The Bertz CT molecular complexity index is 1320. The number of hydrogen-bond donors (Lipinski definition) is 1. The zero-order chi connectivity index (χ0) is 24.1. The number of benzene rings is 3. The Morgan fingerprint density at radius 3 is 2.38 bits per heavy atom. The van der Waals surface area contributed by atoms with Crippen LogP contribution < -0.4 is 5.32 Å². The molecule has 0 spiro atoms. The Kier molecular flexibility index (Phi) is 6.87. The van der Waals surface area contributed by atoms with Crippen LogP contribution in [0.2, 0.25) is 0 Å². The standard InChI is InChI=1S/C24H18F3N3O3S/c25-24(26,27)23-29-17-10-4-6-12-19(17)30(23)14-22(32)33-15-21(31)28-18-11-5-7-13-20(18)34-16-8-2-1-3-9-16/h1-13H,14-15H2,(H,28,31). The lowest BCUT2D eigenvalue weighted by Gasteiger charge is -2.12. The van der Waals surface area contributed by atoms with Gasteiger partial charge in [0.15, 0.2) is 6.61 Å². The van der Waals surface area contributed by atoms with Crippen molar-refractivity contribution >= 4 is 40.4 Å². The van der Waals surface area contributed by atoms with Crippen LogP contribution in [0.4, 0.5) is 18.9 Å². The van der Waals surface area contributed by atoms with Crippen molar-refractivity contribution in [3.05, 3.63) is 84.7 Å². The summed E-state index contributed by atoms with van der Waals surface area (Å²) in [5.74, 6) is -2.81. The van der Waals surface area contributed by atoms with Gasteiger partial charge in [-0.2, -0.15) is 13.2 Å². The third-order valence-electron chi connectivity index (χ3n) is 4.69. The minimum Gasteiger partial charge on any atom is -0.454 e. The first-order valence-corrected chi connectivity index (χ1v) is 10.9. The molecule has 0 atom stereocenters. The van der Waals surface area contributed by atoms with Crippen molar-refractivity contribution in [3.63, 3.8) is 0 Å². The molecule has 1 aromatic heterocycles. The van der Waals surface area contributed by atoms with Gasteiger partial charge in [0, 0.05) is 9.79 Å². The average molecular weight is 485 g/mol. The molecule has 0 aliphatic rings. The van der Waals surface area contributed by atoms with Crippen molar-refractivity contribution < 1.29 is 27.5 Å². The summed E-state index contributed by atoms with van der Waals surface area (Å²) in [5, 5.41) is 2.67. The second-order valence-electron chi connectivity index (χ2n) is 7.13. The van der Waals surface area contributed by atoms with E-state index >= 15 is 0 Å². The first-order valence-electron chi connectivity index (χ1n) is 10.1. The quantitative estimate of drug-likeness (QED) is 0.356. The van der Waals surface area contributed by atoms with Crippen LogP contribution in [0, 0.1) is 0 Å². The van der Waals surface area contributed by atoms with E-state index in [0.717, 1.165) is 14.4 Å². The number of alkyl halides is 3. The molecular formula is C24H18F3N3O3S. The van der Waals surface area contributed by atoms with E-state index in [2.05, 4.69) is 10.3 Å². The van der Waals surface area contributed by atoms with E-state index in [1.807, 2.05) is 42.5 Å². The second-order valence-corrected chi connectivity index (χ2v) is 8.24. The lowest BCUT2D eigenvalue weighted by molar-refractivity contribution is -0.152. The van der Waals surface area contributed by atoms with Gasteiger partial charge in [-0.05, 0) is 36.4 Å². The second kappa shape index (κ2) is 10.0. The number of rotatable bonds is 7. The lowest BCUT2D eigenvalue weighted by atomic mass is 10.3. The summed E-state index contributed by atoms with van der Waals surface area (Å²) in [6, 6.07) is 22.6. The highest BCUT2D eigenvalue weighted by atomic mass is 32.2. The number of imidazole rings is 1. The maximum absolute atomic E-state index is 13.4. The van der Waals surface area contributed by atoms with E-state index in [0.29, 0.717) is 5.69 Å². The minimum atomic E-state index is -4.75. The predicted molar refractivity (Wildman–Crippen MR) is 121 cm³/mol. The van der Waals surface area contributed by atoms with Crippen LogP contribution >= 0.6 is 11.8 Å². The molecule has 10 heteroatoms. The molecule has 174 valence electrons. The topological polar surface area (TPSA) is 73.2 Å². The molecule has 4 aromatic rings. The fourth-order valence-corrected chi connectivity index (χ4v) is 4.16. The number of hydrogen-bond acceptors (Lipinski definition) is 5. The molecule has 34 heavy (non-hydrogen) atoms. The molecule has 1 amide bonds. The summed E-state index contributed by atoms with van der Waals surface area (Å²) in [7, 11) is 0. The van der Waals surface area contributed by atoms with Crippen molar-refractivity contribution in [1.29, 1.82) is 0 Å².